The topological polar surface area (TPSA) is 62.3 Å². The van der Waals surface area contributed by atoms with E-state index in [-0.39, 0.29) is 13.0 Å². The monoisotopic (exact) mass is 243 g/mol. The normalized spacial score (nSPS) is 10.4. The molecule has 0 fully saturated rings. The van der Waals surface area contributed by atoms with Crippen molar-refractivity contribution in [3.05, 3.63) is 35.5 Å². The molecular weight excluding hydrogens is 230 g/mol. The first-order valence-electron chi connectivity index (χ1n) is 5.52. The zero-order valence-electron chi connectivity index (χ0n) is 9.77. The van der Waals surface area contributed by atoms with Crippen LogP contribution in [0.1, 0.15) is 11.1 Å². The molecule has 0 spiro atoms. The van der Waals surface area contributed by atoms with E-state index < -0.39 is 5.97 Å². The fourth-order valence-corrected chi connectivity index (χ4v) is 1.85. The minimum absolute atomic E-state index is 0.00860. The number of carbonyl (C=O) groups is 1. The molecule has 4 nitrogen and oxygen atoms in total. The molecule has 0 radical (unpaired) electrons. The van der Waals surface area contributed by atoms with Crippen LogP contribution in [-0.4, -0.2) is 22.7 Å². The molecule has 2 N–H and O–H groups in total. The van der Waals surface area contributed by atoms with E-state index in [4.69, 9.17) is 16.3 Å². The second-order valence-corrected chi connectivity index (χ2v) is 3.96. The number of rotatable bonds is 5. The quantitative estimate of drug-likeness (QED) is 0.623. The first-order valence-corrected chi connectivity index (χ1v) is 5.52. The highest BCUT2D eigenvalue weighted by Gasteiger charge is 2.08. The van der Waals surface area contributed by atoms with Gasteiger partial charge in [0.1, 0.15) is 6.61 Å². The van der Waals surface area contributed by atoms with Crippen LogP contribution in [0.5, 0.6) is 0 Å². The molecule has 0 aliphatic heterocycles. The summed E-state index contributed by atoms with van der Waals surface area (Å²) in [5.41, 5.74) is 2.67. The van der Waals surface area contributed by atoms with E-state index in [9.17, 15) is 4.79 Å². The number of carboxylic acid groups (broad SMARTS) is 1. The van der Waals surface area contributed by atoms with Crippen molar-refractivity contribution < 1.29 is 14.6 Å². The fourth-order valence-electron chi connectivity index (χ4n) is 1.85. The lowest BCUT2D eigenvalue weighted by molar-refractivity contribution is -0.136. The van der Waals surface area contributed by atoms with Gasteiger partial charge in [-0.15, -0.1) is 6.42 Å². The average Bonchev–Trinajstić information content (AvgIpc) is 2.72. The SMILES string of the molecule is C#CCOCc1ccc2[nH]cc(CC(=O)O)c2c1. The molecule has 92 valence electrons. The van der Waals surface area contributed by atoms with Gasteiger partial charge in [0.2, 0.25) is 0 Å². The van der Waals surface area contributed by atoms with Crippen molar-refractivity contribution >= 4 is 16.9 Å². The summed E-state index contributed by atoms with van der Waals surface area (Å²) < 4.78 is 5.25. The third-order valence-electron chi connectivity index (χ3n) is 2.63. The van der Waals surface area contributed by atoms with Crippen molar-refractivity contribution in [3.8, 4) is 12.3 Å². The summed E-state index contributed by atoms with van der Waals surface area (Å²) in [6, 6.07) is 5.77. The predicted molar refractivity (Wildman–Crippen MR) is 68.1 cm³/mol. The number of benzene rings is 1. The molecule has 0 saturated carbocycles. The van der Waals surface area contributed by atoms with E-state index in [0.29, 0.717) is 6.61 Å². The highest BCUT2D eigenvalue weighted by Crippen LogP contribution is 2.20. The molecule has 1 heterocycles. The molecule has 0 aliphatic rings. The Morgan fingerprint density at radius 3 is 3.06 bits per heavy atom. The van der Waals surface area contributed by atoms with E-state index >= 15 is 0 Å². The minimum Gasteiger partial charge on any atom is -0.481 e. The molecule has 0 unspecified atom stereocenters. The standard InChI is InChI=1S/C14H13NO3/c1-2-5-18-9-10-3-4-13-12(6-10)11(8-15-13)7-14(16)17/h1,3-4,6,8,15H,5,7,9H2,(H,16,17). The number of aromatic amines is 1. The largest absolute Gasteiger partial charge is 0.481 e. The van der Waals surface area contributed by atoms with E-state index in [0.717, 1.165) is 22.0 Å². The van der Waals surface area contributed by atoms with Gasteiger partial charge in [-0.1, -0.05) is 12.0 Å². The van der Waals surface area contributed by atoms with Crippen LogP contribution in [0.15, 0.2) is 24.4 Å². The van der Waals surface area contributed by atoms with Crippen molar-refractivity contribution in [1.29, 1.82) is 0 Å². The number of aromatic nitrogens is 1. The summed E-state index contributed by atoms with van der Waals surface area (Å²) >= 11 is 0. The second-order valence-electron chi connectivity index (χ2n) is 3.96. The Balaban J connectivity index is 2.25. The van der Waals surface area contributed by atoms with Gasteiger partial charge in [0.15, 0.2) is 0 Å². The van der Waals surface area contributed by atoms with Crippen LogP contribution in [-0.2, 0) is 22.6 Å². The molecule has 4 heteroatoms. The van der Waals surface area contributed by atoms with E-state index in [1.54, 1.807) is 6.20 Å². The summed E-state index contributed by atoms with van der Waals surface area (Å²) in [4.78, 5) is 13.8. The van der Waals surface area contributed by atoms with Gasteiger partial charge in [-0.3, -0.25) is 4.79 Å². The first-order chi connectivity index (χ1) is 8.70. The summed E-state index contributed by atoms with van der Waals surface area (Å²) in [6.45, 7) is 0.699. The molecule has 18 heavy (non-hydrogen) atoms. The third kappa shape index (κ3) is 2.70. The maximum absolute atomic E-state index is 10.7. The highest BCUT2D eigenvalue weighted by molar-refractivity contribution is 5.87. The Hall–Kier alpha value is -2.25. The van der Waals surface area contributed by atoms with Gasteiger partial charge < -0.3 is 14.8 Å². The van der Waals surface area contributed by atoms with E-state index in [1.165, 1.54) is 0 Å². The van der Waals surface area contributed by atoms with Crippen molar-refractivity contribution in [2.45, 2.75) is 13.0 Å². The van der Waals surface area contributed by atoms with Crippen LogP contribution in [0.2, 0.25) is 0 Å². The number of nitrogens with one attached hydrogen (secondary N) is 1. The number of ether oxygens (including phenoxy) is 1. The summed E-state index contributed by atoms with van der Waals surface area (Å²) in [6.07, 6.45) is 6.84. The number of terminal acetylenes is 1. The van der Waals surface area contributed by atoms with Crippen molar-refractivity contribution in [1.82, 2.24) is 4.98 Å². The molecule has 0 saturated heterocycles. The molecular formula is C14H13NO3. The lowest BCUT2D eigenvalue weighted by Gasteiger charge is -2.02. The first kappa shape index (κ1) is 12.2. The molecule has 1 aromatic heterocycles. The van der Waals surface area contributed by atoms with Crippen molar-refractivity contribution in [2.75, 3.05) is 6.61 Å². The van der Waals surface area contributed by atoms with E-state index in [1.807, 2.05) is 18.2 Å². The Morgan fingerprint density at radius 2 is 2.33 bits per heavy atom. The zero-order chi connectivity index (χ0) is 13.0. The van der Waals surface area contributed by atoms with Crippen LogP contribution < -0.4 is 0 Å². The Morgan fingerprint density at radius 1 is 1.50 bits per heavy atom. The lowest BCUT2D eigenvalue weighted by atomic mass is 10.1. The predicted octanol–water partition coefficient (Wildman–Crippen LogP) is 1.94. The third-order valence-corrected chi connectivity index (χ3v) is 2.63. The summed E-state index contributed by atoms with van der Waals surface area (Å²) in [5.74, 6) is 1.56. The average molecular weight is 243 g/mol. The molecule has 0 aliphatic carbocycles. The van der Waals surface area contributed by atoms with Gasteiger partial charge in [0, 0.05) is 17.1 Å². The van der Waals surface area contributed by atoms with Crippen LogP contribution >= 0.6 is 0 Å². The van der Waals surface area contributed by atoms with Crippen LogP contribution in [0.25, 0.3) is 10.9 Å². The fraction of sp³-hybridized carbons (Fsp3) is 0.214. The van der Waals surface area contributed by atoms with Crippen molar-refractivity contribution in [3.63, 3.8) is 0 Å². The van der Waals surface area contributed by atoms with E-state index in [2.05, 4.69) is 10.9 Å². The second kappa shape index (κ2) is 5.39. The summed E-state index contributed by atoms with van der Waals surface area (Å²) in [7, 11) is 0. The smallest absolute Gasteiger partial charge is 0.307 e. The number of hydrogen-bond acceptors (Lipinski definition) is 2. The van der Waals surface area contributed by atoms with Gasteiger partial charge in [0.05, 0.1) is 13.0 Å². The zero-order valence-corrected chi connectivity index (χ0v) is 9.77. The number of aliphatic carboxylic acids is 1. The van der Waals surface area contributed by atoms with Gasteiger partial charge in [-0.05, 0) is 23.3 Å². The van der Waals surface area contributed by atoms with Crippen LogP contribution in [0.4, 0.5) is 0 Å². The Labute approximate surface area is 105 Å². The molecule has 0 bridgehead atoms. The number of fused-ring (bicyclic) bond motifs is 1. The van der Waals surface area contributed by atoms with Gasteiger partial charge in [-0.2, -0.15) is 0 Å². The maximum Gasteiger partial charge on any atom is 0.307 e. The molecule has 2 aromatic rings. The van der Waals surface area contributed by atoms with Gasteiger partial charge in [-0.25, -0.2) is 0 Å². The van der Waals surface area contributed by atoms with Crippen molar-refractivity contribution in [2.24, 2.45) is 0 Å². The molecule has 0 atom stereocenters. The summed E-state index contributed by atoms with van der Waals surface area (Å²) in [5, 5.41) is 9.74. The number of hydrogen-bond donors (Lipinski definition) is 2. The molecule has 2 rings (SSSR count). The molecule has 1 aromatic carbocycles. The molecule has 0 amide bonds. The van der Waals surface area contributed by atoms with Crippen LogP contribution in [0.3, 0.4) is 0 Å². The number of H-pyrrole nitrogens is 1. The highest BCUT2D eigenvalue weighted by atomic mass is 16.5. The maximum atomic E-state index is 10.7. The minimum atomic E-state index is -0.843. The van der Waals surface area contributed by atoms with Crippen LogP contribution in [0, 0.1) is 12.3 Å². The van der Waals surface area contributed by atoms with Gasteiger partial charge in [0.25, 0.3) is 0 Å². The number of carboxylic acids is 1. The van der Waals surface area contributed by atoms with Gasteiger partial charge >= 0.3 is 5.97 Å². The Bertz CT molecular complexity index is 607. The lowest BCUT2D eigenvalue weighted by Crippen LogP contribution is -1.99. The Kier molecular flexibility index (Phi) is 3.66.